The highest BCUT2D eigenvalue weighted by Crippen LogP contribution is 2.09. The van der Waals surface area contributed by atoms with Crippen molar-refractivity contribution in [3.05, 3.63) is 34.9 Å². The summed E-state index contributed by atoms with van der Waals surface area (Å²) in [5.74, 6) is 0. The standard InChI is InChI=1S/C12H17ClN2.CH2O/c13-11-5-3-10(4-6-11)8-14-9-12-2-1-7-15-12;1-2/h3-6,12,14-15H,1-2,7-9H2;1H2. The lowest BCUT2D eigenvalue weighted by atomic mass is 10.2. The van der Waals surface area contributed by atoms with Crippen molar-refractivity contribution >= 4 is 18.4 Å². The summed E-state index contributed by atoms with van der Waals surface area (Å²) in [5.41, 5.74) is 1.29. The van der Waals surface area contributed by atoms with E-state index in [1.54, 1.807) is 0 Å². The first kappa shape index (κ1) is 14.2. The largest absolute Gasteiger partial charge is 0.313 e. The molecule has 0 radical (unpaired) electrons. The summed E-state index contributed by atoms with van der Waals surface area (Å²) < 4.78 is 0. The van der Waals surface area contributed by atoms with Gasteiger partial charge in [-0.25, -0.2) is 0 Å². The molecule has 0 spiro atoms. The Labute approximate surface area is 108 Å². The minimum atomic E-state index is 0.664. The zero-order chi connectivity index (χ0) is 12.5. The average Bonchev–Trinajstić information content (AvgIpc) is 2.87. The Balaban J connectivity index is 0.000000686. The molecule has 1 heterocycles. The molecular formula is C13H19ClN2O. The summed E-state index contributed by atoms with van der Waals surface area (Å²) >= 11 is 5.82. The molecule has 1 unspecified atom stereocenters. The van der Waals surface area contributed by atoms with Gasteiger partial charge in [0.15, 0.2) is 0 Å². The zero-order valence-corrected chi connectivity index (χ0v) is 10.7. The van der Waals surface area contributed by atoms with Crippen LogP contribution < -0.4 is 10.6 Å². The van der Waals surface area contributed by atoms with E-state index in [1.807, 2.05) is 18.9 Å². The van der Waals surface area contributed by atoms with Crippen LogP contribution in [0, 0.1) is 0 Å². The van der Waals surface area contributed by atoms with Crippen molar-refractivity contribution < 1.29 is 4.79 Å². The third-order valence-corrected chi connectivity index (χ3v) is 3.05. The molecule has 0 aromatic heterocycles. The second-order valence-corrected chi connectivity index (χ2v) is 4.49. The Bertz CT molecular complexity index is 310. The third kappa shape index (κ3) is 5.31. The lowest BCUT2D eigenvalue weighted by Gasteiger charge is -2.11. The first-order valence-corrected chi connectivity index (χ1v) is 6.20. The van der Waals surface area contributed by atoms with E-state index in [9.17, 15) is 0 Å². The number of halogens is 1. The van der Waals surface area contributed by atoms with Crippen molar-refractivity contribution in [1.29, 1.82) is 0 Å². The topological polar surface area (TPSA) is 41.1 Å². The molecule has 0 amide bonds. The third-order valence-electron chi connectivity index (χ3n) is 2.80. The van der Waals surface area contributed by atoms with Crippen LogP contribution in [0.25, 0.3) is 0 Å². The SMILES string of the molecule is C=O.Clc1ccc(CNCC2CCCN2)cc1. The fourth-order valence-electron chi connectivity index (χ4n) is 1.92. The second kappa shape index (κ2) is 8.23. The summed E-state index contributed by atoms with van der Waals surface area (Å²) in [6.45, 7) is 5.16. The molecule has 4 heteroatoms. The number of carbonyl (C=O) groups excluding carboxylic acids is 1. The van der Waals surface area contributed by atoms with Gasteiger partial charge in [0.25, 0.3) is 0 Å². The molecule has 0 aliphatic carbocycles. The highest BCUT2D eigenvalue weighted by Gasteiger charge is 2.12. The van der Waals surface area contributed by atoms with Crippen molar-refractivity contribution in [2.24, 2.45) is 0 Å². The summed E-state index contributed by atoms with van der Waals surface area (Å²) in [5, 5.41) is 7.73. The van der Waals surface area contributed by atoms with Gasteiger partial charge in [-0.05, 0) is 37.1 Å². The van der Waals surface area contributed by atoms with Gasteiger partial charge in [0.2, 0.25) is 0 Å². The van der Waals surface area contributed by atoms with E-state index in [-0.39, 0.29) is 0 Å². The summed E-state index contributed by atoms with van der Waals surface area (Å²) in [4.78, 5) is 8.00. The van der Waals surface area contributed by atoms with E-state index >= 15 is 0 Å². The van der Waals surface area contributed by atoms with E-state index in [4.69, 9.17) is 16.4 Å². The molecule has 0 saturated carbocycles. The number of hydrogen-bond acceptors (Lipinski definition) is 3. The quantitative estimate of drug-likeness (QED) is 0.864. The normalized spacial score (nSPS) is 18.5. The van der Waals surface area contributed by atoms with Crippen LogP contribution >= 0.6 is 11.6 Å². The predicted octanol–water partition coefficient (Wildman–Crippen LogP) is 2.00. The van der Waals surface area contributed by atoms with Gasteiger partial charge in [0.05, 0.1) is 0 Å². The molecule has 2 rings (SSSR count). The number of benzene rings is 1. The van der Waals surface area contributed by atoms with Gasteiger partial charge >= 0.3 is 0 Å². The van der Waals surface area contributed by atoms with Crippen LogP contribution in [0.5, 0.6) is 0 Å². The average molecular weight is 255 g/mol. The van der Waals surface area contributed by atoms with E-state index in [0.29, 0.717) is 6.04 Å². The van der Waals surface area contributed by atoms with Crippen LogP contribution in [0.4, 0.5) is 0 Å². The maximum Gasteiger partial charge on any atom is 0.106 e. The molecule has 1 saturated heterocycles. The Morgan fingerprint density at radius 3 is 2.65 bits per heavy atom. The molecule has 1 atom stereocenters. The number of nitrogens with one attached hydrogen (secondary N) is 2. The minimum absolute atomic E-state index is 0.664. The Kier molecular flexibility index (Phi) is 6.86. The maximum atomic E-state index is 8.00. The lowest BCUT2D eigenvalue weighted by Crippen LogP contribution is -2.33. The molecule has 1 fully saturated rings. The number of hydrogen-bond donors (Lipinski definition) is 2. The molecule has 3 nitrogen and oxygen atoms in total. The van der Waals surface area contributed by atoms with Gasteiger partial charge in [0.1, 0.15) is 6.79 Å². The van der Waals surface area contributed by atoms with E-state index in [0.717, 1.165) is 18.1 Å². The molecule has 94 valence electrons. The monoisotopic (exact) mass is 254 g/mol. The van der Waals surface area contributed by atoms with Gasteiger partial charge in [-0.15, -0.1) is 0 Å². The van der Waals surface area contributed by atoms with Crippen LogP contribution in [0.15, 0.2) is 24.3 Å². The lowest BCUT2D eigenvalue weighted by molar-refractivity contribution is -0.0979. The first-order chi connectivity index (χ1) is 8.34. The van der Waals surface area contributed by atoms with Gasteiger partial charge in [-0.2, -0.15) is 0 Å². The van der Waals surface area contributed by atoms with Crippen molar-refractivity contribution in [3.8, 4) is 0 Å². The zero-order valence-electron chi connectivity index (χ0n) is 9.92. The molecule has 1 aliphatic rings. The van der Waals surface area contributed by atoms with Crippen molar-refractivity contribution in [3.63, 3.8) is 0 Å². The molecular weight excluding hydrogens is 236 g/mol. The smallest absolute Gasteiger partial charge is 0.106 e. The fourth-order valence-corrected chi connectivity index (χ4v) is 2.05. The highest BCUT2D eigenvalue weighted by atomic mass is 35.5. The van der Waals surface area contributed by atoms with Gasteiger partial charge < -0.3 is 15.4 Å². The number of rotatable bonds is 4. The Morgan fingerprint density at radius 2 is 2.06 bits per heavy atom. The number of carbonyl (C=O) groups is 1. The minimum Gasteiger partial charge on any atom is -0.313 e. The van der Waals surface area contributed by atoms with Gasteiger partial charge in [-0.3, -0.25) is 0 Å². The van der Waals surface area contributed by atoms with Crippen LogP contribution in [0.2, 0.25) is 5.02 Å². The maximum absolute atomic E-state index is 8.00. The molecule has 1 aromatic carbocycles. The van der Waals surface area contributed by atoms with Crippen molar-refractivity contribution in [1.82, 2.24) is 10.6 Å². The van der Waals surface area contributed by atoms with Crippen LogP contribution in [-0.2, 0) is 11.3 Å². The highest BCUT2D eigenvalue weighted by molar-refractivity contribution is 6.30. The van der Waals surface area contributed by atoms with Crippen LogP contribution in [0.1, 0.15) is 18.4 Å². The summed E-state index contributed by atoms with van der Waals surface area (Å²) in [6, 6.07) is 8.67. The van der Waals surface area contributed by atoms with E-state index in [1.165, 1.54) is 24.9 Å². The summed E-state index contributed by atoms with van der Waals surface area (Å²) in [6.07, 6.45) is 2.61. The van der Waals surface area contributed by atoms with Gasteiger partial charge in [0, 0.05) is 24.2 Å². The molecule has 1 aromatic rings. The second-order valence-electron chi connectivity index (χ2n) is 4.05. The molecule has 0 bridgehead atoms. The fraction of sp³-hybridized carbons (Fsp3) is 0.462. The molecule has 1 aliphatic heterocycles. The van der Waals surface area contributed by atoms with Crippen molar-refractivity contribution in [2.75, 3.05) is 13.1 Å². The predicted molar refractivity (Wildman–Crippen MR) is 71.3 cm³/mol. The van der Waals surface area contributed by atoms with Crippen LogP contribution in [-0.4, -0.2) is 25.9 Å². The van der Waals surface area contributed by atoms with Crippen LogP contribution in [0.3, 0.4) is 0 Å². The molecule has 2 N–H and O–H groups in total. The van der Waals surface area contributed by atoms with E-state index in [2.05, 4.69) is 22.8 Å². The Hall–Kier alpha value is -0.900. The van der Waals surface area contributed by atoms with Crippen molar-refractivity contribution in [2.45, 2.75) is 25.4 Å². The molecule has 17 heavy (non-hydrogen) atoms. The first-order valence-electron chi connectivity index (χ1n) is 5.82. The summed E-state index contributed by atoms with van der Waals surface area (Å²) in [7, 11) is 0. The van der Waals surface area contributed by atoms with Gasteiger partial charge in [-0.1, -0.05) is 23.7 Å². The van der Waals surface area contributed by atoms with E-state index < -0.39 is 0 Å². The Morgan fingerprint density at radius 1 is 1.35 bits per heavy atom.